The Labute approximate surface area is 151 Å². The van der Waals surface area contributed by atoms with Crippen LogP contribution in [0.2, 0.25) is 0 Å². The fourth-order valence-electron chi connectivity index (χ4n) is 3.22. The Bertz CT molecular complexity index is 1060. The van der Waals surface area contributed by atoms with E-state index in [1.54, 1.807) is 18.5 Å². The average molecular weight is 343 g/mol. The lowest BCUT2D eigenvalue weighted by atomic mass is 9.91. The van der Waals surface area contributed by atoms with Crippen molar-refractivity contribution in [3.05, 3.63) is 78.5 Å². The lowest BCUT2D eigenvalue weighted by molar-refractivity contribution is 0.629. The molecule has 0 aliphatic carbocycles. The van der Waals surface area contributed by atoms with Crippen molar-refractivity contribution in [3.63, 3.8) is 0 Å². The van der Waals surface area contributed by atoms with Crippen molar-refractivity contribution in [2.45, 2.75) is 19.8 Å². The minimum absolute atomic E-state index is 0.184. The first-order valence-electron chi connectivity index (χ1n) is 8.61. The molecule has 0 atom stereocenters. The molecule has 0 N–H and O–H groups in total. The molecule has 0 bridgehead atoms. The summed E-state index contributed by atoms with van der Waals surface area (Å²) < 4.78 is 14.1. The van der Waals surface area contributed by atoms with Gasteiger partial charge in [0.15, 0.2) is 0 Å². The van der Waals surface area contributed by atoms with Gasteiger partial charge in [0.1, 0.15) is 5.82 Å². The molecule has 3 heterocycles. The fourth-order valence-corrected chi connectivity index (χ4v) is 3.22. The first-order valence-corrected chi connectivity index (χ1v) is 8.61. The molecule has 4 aromatic rings. The summed E-state index contributed by atoms with van der Waals surface area (Å²) in [5.41, 5.74) is 5.08. The van der Waals surface area contributed by atoms with Crippen molar-refractivity contribution in [3.8, 4) is 22.5 Å². The molecule has 0 saturated carbocycles. The summed E-state index contributed by atoms with van der Waals surface area (Å²) >= 11 is 0. The van der Waals surface area contributed by atoms with Gasteiger partial charge in [-0.1, -0.05) is 26.0 Å². The second-order valence-corrected chi connectivity index (χ2v) is 6.49. The van der Waals surface area contributed by atoms with Crippen LogP contribution in [-0.4, -0.2) is 15.0 Å². The lowest BCUT2D eigenvalue weighted by Crippen LogP contribution is -2.03. The third-order valence-electron chi connectivity index (χ3n) is 4.36. The van der Waals surface area contributed by atoms with Gasteiger partial charge in [0.05, 0.1) is 22.6 Å². The molecule has 128 valence electrons. The second-order valence-electron chi connectivity index (χ2n) is 6.49. The average Bonchev–Trinajstić information content (AvgIpc) is 2.67. The quantitative estimate of drug-likeness (QED) is 0.484. The van der Waals surface area contributed by atoms with E-state index in [0.29, 0.717) is 0 Å². The maximum atomic E-state index is 14.1. The van der Waals surface area contributed by atoms with E-state index >= 15 is 0 Å². The third-order valence-corrected chi connectivity index (χ3v) is 4.36. The summed E-state index contributed by atoms with van der Waals surface area (Å²) in [4.78, 5) is 13.9. The maximum absolute atomic E-state index is 14.1. The van der Waals surface area contributed by atoms with Crippen molar-refractivity contribution in [2.24, 2.45) is 0 Å². The summed E-state index contributed by atoms with van der Waals surface area (Å²) in [5, 5.41) is 0.744. The third kappa shape index (κ3) is 2.84. The van der Waals surface area contributed by atoms with Crippen LogP contribution >= 0.6 is 0 Å². The van der Waals surface area contributed by atoms with E-state index in [0.717, 1.165) is 39.1 Å². The van der Waals surface area contributed by atoms with Gasteiger partial charge >= 0.3 is 0 Å². The van der Waals surface area contributed by atoms with Crippen molar-refractivity contribution in [2.75, 3.05) is 0 Å². The van der Waals surface area contributed by atoms with Crippen LogP contribution in [-0.2, 0) is 0 Å². The minimum Gasteiger partial charge on any atom is -0.256 e. The van der Waals surface area contributed by atoms with Crippen LogP contribution in [0, 0.1) is 5.82 Å². The zero-order chi connectivity index (χ0) is 18.1. The molecule has 0 spiro atoms. The number of aromatic nitrogens is 3. The van der Waals surface area contributed by atoms with Gasteiger partial charge in [-0.25, -0.2) is 4.39 Å². The Balaban J connectivity index is 2.20. The molecule has 4 heteroatoms. The van der Waals surface area contributed by atoms with Crippen LogP contribution in [0.1, 0.15) is 25.5 Å². The van der Waals surface area contributed by atoms with Gasteiger partial charge in [-0.2, -0.15) is 0 Å². The van der Waals surface area contributed by atoms with Crippen LogP contribution in [0.4, 0.5) is 4.39 Å². The number of hydrogen-bond donors (Lipinski definition) is 0. The predicted molar refractivity (Wildman–Crippen MR) is 102 cm³/mol. The molecule has 1 aromatic carbocycles. The summed E-state index contributed by atoms with van der Waals surface area (Å²) in [6, 6.07) is 16.2. The van der Waals surface area contributed by atoms with E-state index in [-0.39, 0.29) is 11.7 Å². The Hall–Kier alpha value is -3.14. The zero-order valence-corrected chi connectivity index (χ0v) is 14.6. The standard InChI is InChI=1S/C22H18FN3/c1-14(2)22-21(19-8-4-6-12-25-19)20(18-7-3-5-11-24-18)16-13-15(23)9-10-17(16)26-22/h3-14H,1-2H3. The number of rotatable bonds is 3. The van der Waals surface area contributed by atoms with Gasteiger partial charge in [0.25, 0.3) is 0 Å². The first kappa shape index (κ1) is 16.3. The molecular weight excluding hydrogens is 325 g/mol. The van der Waals surface area contributed by atoms with Gasteiger partial charge in [-0.15, -0.1) is 0 Å². The Morgan fingerprint density at radius 2 is 1.46 bits per heavy atom. The molecule has 0 fully saturated rings. The Kier molecular flexibility index (Phi) is 4.17. The smallest absolute Gasteiger partial charge is 0.123 e. The summed E-state index contributed by atoms with van der Waals surface area (Å²) in [5.74, 6) is -0.107. The van der Waals surface area contributed by atoms with Crippen LogP contribution in [0.3, 0.4) is 0 Å². The van der Waals surface area contributed by atoms with Crippen LogP contribution in [0.15, 0.2) is 67.0 Å². The van der Waals surface area contributed by atoms with E-state index in [1.807, 2.05) is 36.4 Å². The van der Waals surface area contributed by atoms with Gasteiger partial charge < -0.3 is 0 Å². The van der Waals surface area contributed by atoms with E-state index in [1.165, 1.54) is 12.1 Å². The van der Waals surface area contributed by atoms with Crippen molar-refractivity contribution in [1.82, 2.24) is 15.0 Å². The first-order chi connectivity index (χ1) is 12.6. The van der Waals surface area contributed by atoms with Crippen LogP contribution in [0.5, 0.6) is 0 Å². The zero-order valence-electron chi connectivity index (χ0n) is 14.6. The molecule has 0 amide bonds. The van der Waals surface area contributed by atoms with Gasteiger partial charge in [0.2, 0.25) is 0 Å². The number of nitrogens with zero attached hydrogens (tertiary/aromatic N) is 3. The summed E-state index contributed by atoms with van der Waals surface area (Å²) in [6.45, 7) is 4.21. The highest BCUT2D eigenvalue weighted by Crippen LogP contribution is 2.40. The maximum Gasteiger partial charge on any atom is 0.123 e. The molecule has 3 aromatic heterocycles. The highest BCUT2D eigenvalue weighted by Gasteiger charge is 2.21. The second kappa shape index (κ2) is 6.64. The number of hydrogen-bond acceptors (Lipinski definition) is 3. The van der Waals surface area contributed by atoms with Gasteiger partial charge in [-0.05, 0) is 48.4 Å². The van der Waals surface area contributed by atoms with E-state index in [4.69, 9.17) is 4.98 Å². The topological polar surface area (TPSA) is 38.7 Å². The highest BCUT2D eigenvalue weighted by molar-refractivity contribution is 6.02. The van der Waals surface area contributed by atoms with Crippen molar-refractivity contribution in [1.29, 1.82) is 0 Å². The lowest BCUT2D eigenvalue weighted by Gasteiger charge is -2.18. The molecule has 0 unspecified atom stereocenters. The fraction of sp³-hybridized carbons (Fsp3) is 0.136. The van der Waals surface area contributed by atoms with Crippen LogP contribution in [0.25, 0.3) is 33.4 Å². The molecule has 0 aliphatic rings. The molecule has 4 rings (SSSR count). The molecule has 0 aliphatic heterocycles. The molecule has 0 radical (unpaired) electrons. The summed E-state index contributed by atoms with van der Waals surface area (Å²) in [6.07, 6.45) is 3.51. The predicted octanol–water partition coefficient (Wildman–Crippen LogP) is 5.62. The Morgan fingerprint density at radius 1 is 0.808 bits per heavy atom. The molecule has 0 saturated heterocycles. The van der Waals surface area contributed by atoms with Gasteiger partial charge in [-0.3, -0.25) is 15.0 Å². The number of fused-ring (bicyclic) bond motifs is 1. The number of pyridine rings is 3. The van der Waals surface area contributed by atoms with Crippen LogP contribution < -0.4 is 0 Å². The van der Waals surface area contributed by atoms with Crippen molar-refractivity contribution >= 4 is 10.9 Å². The normalized spacial score (nSPS) is 11.2. The van der Waals surface area contributed by atoms with E-state index in [2.05, 4.69) is 23.8 Å². The molecule has 26 heavy (non-hydrogen) atoms. The van der Waals surface area contributed by atoms with Gasteiger partial charge in [0, 0.05) is 28.9 Å². The van der Waals surface area contributed by atoms with Crippen molar-refractivity contribution < 1.29 is 4.39 Å². The summed E-state index contributed by atoms with van der Waals surface area (Å²) in [7, 11) is 0. The Morgan fingerprint density at radius 3 is 2.04 bits per heavy atom. The monoisotopic (exact) mass is 343 g/mol. The van der Waals surface area contributed by atoms with E-state index in [9.17, 15) is 4.39 Å². The number of halogens is 1. The highest BCUT2D eigenvalue weighted by atomic mass is 19.1. The minimum atomic E-state index is -0.291. The number of benzene rings is 1. The SMILES string of the molecule is CC(C)c1nc2ccc(F)cc2c(-c2ccccn2)c1-c1ccccn1. The van der Waals surface area contributed by atoms with E-state index < -0.39 is 0 Å². The molecule has 3 nitrogen and oxygen atoms in total. The largest absolute Gasteiger partial charge is 0.256 e. The molecular formula is C22H18FN3.